The molecule has 1 saturated carbocycles. The van der Waals surface area contributed by atoms with E-state index in [0.29, 0.717) is 25.0 Å². The molecule has 1 aliphatic carbocycles. The highest BCUT2D eigenvalue weighted by molar-refractivity contribution is 5.91. The maximum Gasteiger partial charge on any atom is 0.573 e. The SMILES string of the molecule is CCOC(=O)N1c2ccc(OC(F)(F)F)cc2[C@@H](N(Cc2cc(C(F)(F)F)cc(C(F)(F)F)c2)C(=O)OC)C[C@H]1C1CC1. The second-order valence-corrected chi connectivity index (χ2v) is 10.0. The highest BCUT2D eigenvalue weighted by Crippen LogP contribution is 2.50. The quantitative estimate of drug-likeness (QED) is 0.303. The Labute approximate surface area is 239 Å². The molecule has 2 amide bonds. The molecule has 43 heavy (non-hydrogen) atoms. The number of carbonyl (C=O) groups excluding carboxylic acids is 2. The van der Waals surface area contributed by atoms with Crippen LogP contribution < -0.4 is 9.64 Å². The van der Waals surface area contributed by atoms with Gasteiger partial charge in [-0.3, -0.25) is 9.80 Å². The van der Waals surface area contributed by atoms with Crippen LogP contribution in [0.3, 0.4) is 0 Å². The van der Waals surface area contributed by atoms with Crippen molar-refractivity contribution in [3.05, 3.63) is 58.7 Å². The molecule has 16 heteroatoms. The number of methoxy groups -OCH3 is 1. The second kappa shape index (κ2) is 11.7. The Bertz CT molecular complexity index is 1320. The van der Waals surface area contributed by atoms with E-state index >= 15 is 0 Å². The fraction of sp³-hybridized carbons (Fsp3) is 0.481. The van der Waals surface area contributed by atoms with Gasteiger partial charge in [-0.1, -0.05) is 0 Å². The maximum absolute atomic E-state index is 13.5. The minimum atomic E-state index is -5.16. The molecule has 2 atom stereocenters. The van der Waals surface area contributed by atoms with Gasteiger partial charge in [-0.05, 0) is 74.1 Å². The predicted octanol–water partition coefficient (Wildman–Crippen LogP) is 8.08. The van der Waals surface area contributed by atoms with Crippen molar-refractivity contribution >= 4 is 17.9 Å². The lowest BCUT2D eigenvalue weighted by Crippen LogP contribution is -2.49. The Morgan fingerprint density at radius 2 is 1.53 bits per heavy atom. The van der Waals surface area contributed by atoms with Crippen molar-refractivity contribution in [2.45, 2.75) is 63.5 Å². The summed E-state index contributed by atoms with van der Waals surface area (Å²) in [5.74, 6) is -0.843. The van der Waals surface area contributed by atoms with Crippen LogP contribution in [0.2, 0.25) is 0 Å². The molecule has 0 radical (unpaired) electrons. The van der Waals surface area contributed by atoms with Crippen molar-refractivity contribution in [1.29, 1.82) is 0 Å². The van der Waals surface area contributed by atoms with E-state index in [9.17, 15) is 49.1 Å². The number of carbonyl (C=O) groups is 2. The van der Waals surface area contributed by atoms with Crippen molar-refractivity contribution < 1.29 is 63.3 Å². The summed E-state index contributed by atoms with van der Waals surface area (Å²) in [5.41, 5.74) is -3.84. The molecule has 0 spiro atoms. The standard InChI is InChI=1S/C27H25F9N2O5/c1-3-42-24(40)38-20-7-6-18(43-27(34,35)36)11-19(20)22(12-21(38)15-4-5-15)37(23(39)41-2)13-14-8-16(25(28,29)30)10-17(9-14)26(31,32)33/h6-11,15,21-22H,3-5,12-13H2,1-2H3/t21-,22-/m0/s1. The molecule has 0 N–H and O–H groups in total. The number of halogens is 9. The van der Waals surface area contributed by atoms with E-state index in [4.69, 9.17) is 9.47 Å². The molecule has 0 unspecified atom stereocenters. The molecule has 1 heterocycles. The van der Waals surface area contributed by atoms with Gasteiger partial charge in [0.2, 0.25) is 0 Å². The van der Waals surface area contributed by atoms with Gasteiger partial charge in [0.15, 0.2) is 0 Å². The Morgan fingerprint density at radius 3 is 2.02 bits per heavy atom. The topological polar surface area (TPSA) is 68.3 Å². The number of amides is 2. The monoisotopic (exact) mass is 628 g/mol. The van der Waals surface area contributed by atoms with Crippen LogP contribution in [0.5, 0.6) is 5.75 Å². The van der Waals surface area contributed by atoms with Gasteiger partial charge in [0.25, 0.3) is 0 Å². The Morgan fingerprint density at radius 1 is 0.930 bits per heavy atom. The summed E-state index contributed by atoms with van der Waals surface area (Å²) < 4.78 is 134. The van der Waals surface area contributed by atoms with Crippen molar-refractivity contribution in [3.63, 3.8) is 0 Å². The van der Waals surface area contributed by atoms with Crippen molar-refractivity contribution in [2.75, 3.05) is 18.6 Å². The molecule has 2 aromatic carbocycles. The van der Waals surface area contributed by atoms with E-state index in [1.807, 2.05) is 0 Å². The van der Waals surface area contributed by atoms with E-state index in [2.05, 4.69) is 4.74 Å². The third kappa shape index (κ3) is 7.39. The van der Waals surface area contributed by atoms with Gasteiger partial charge in [0, 0.05) is 18.2 Å². The van der Waals surface area contributed by atoms with Gasteiger partial charge in [0.05, 0.1) is 36.6 Å². The second-order valence-electron chi connectivity index (χ2n) is 10.0. The third-order valence-electron chi connectivity index (χ3n) is 7.06. The van der Waals surface area contributed by atoms with Crippen molar-refractivity contribution in [3.8, 4) is 5.75 Å². The number of benzene rings is 2. The molecule has 0 bridgehead atoms. The lowest BCUT2D eigenvalue weighted by atomic mass is 9.87. The lowest BCUT2D eigenvalue weighted by Gasteiger charge is -2.44. The van der Waals surface area contributed by atoms with Crippen LogP contribution in [0, 0.1) is 5.92 Å². The maximum atomic E-state index is 13.5. The van der Waals surface area contributed by atoms with Gasteiger partial charge >= 0.3 is 30.9 Å². The Hall–Kier alpha value is -3.85. The molecule has 1 fully saturated rings. The highest BCUT2D eigenvalue weighted by atomic mass is 19.4. The number of ether oxygens (including phenoxy) is 3. The molecule has 2 aliphatic rings. The minimum Gasteiger partial charge on any atom is -0.453 e. The molecular weight excluding hydrogens is 603 g/mol. The molecule has 1 aliphatic heterocycles. The van der Waals surface area contributed by atoms with E-state index in [1.165, 1.54) is 4.90 Å². The first-order valence-corrected chi connectivity index (χ1v) is 12.9. The molecule has 0 saturated heterocycles. The van der Waals surface area contributed by atoms with Crippen LogP contribution in [0.25, 0.3) is 0 Å². The zero-order chi connectivity index (χ0) is 31.9. The van der Waals surface area contributed by atoms with Crippen molar-refractivity contribution in [2.24, 2.45) is 5.92 Å². The van der Waals surface area contributed by atoms with E-state index in [1.54, 1.807) is 6.92 Å². The normalized spacial score (nSPS) is 19.0. The van der Waals surface area contributed by atoms with Crippen LogP contribution in [-0.4, -0.2) is 43.2 Å². The zero-order valence-corrected chi connectivity index (χ0v) is 22.6. The summed E-state index contributed by atoms with van der Waals surface area (Å²) in [6.45, 7) is 0.665. The number of anilines is 1. The third-order valence-corrected chi connectivity index (χ3v) is 7.06. The highest BCUT2D eigenvalue weighted by Gasteiger charge is 2.47. The van der Waals surface area contributed by atoms with Crippen LogP contribution >= 0.6 is 0 Å². The van der Waals surface area contributed by atoms with Crippen LogP contribution in [-0.2, 0) is 28.4 Å². The fourth-order valence-corrected chi connectivity index (χ4v) is 5.19. The first-order valence-electron chi connectivity index (χ1n) is 12.9. The Balaban J connectivity index is 1.87. The lowest BCUT2D eigenvalue weighted by molar-refractivity contribution is -0.274. The van der Waals surface area contributed by atoms with Crippen LogP contribution in [0.4, 0.5) is 54.8 Å². The van der Waals surface area contributed by atoms with E-state index < -0.39 is 72.0 Å². The number of alkyl halides is 9. The summed E-state index contributed by atoms with van der Waals surface area (Å²) in [4.78, 5) is 28.1. The van der Waals surface area contributed by atoms with Gasteiger partial charge in [-0.25, -0.2) is 9.59 Å². The predicted molar refractivity (Wildman–Crippen MR) is 131 cm³/mol. The summed E-state index contributed by atoms with van der Waals surface area (Å²) in [6, 6.07) is 1.91. The number of hydrogen-bond donors (Lipinski definition) is 0. The van der Waals surface area contributed by atoms with Gasteiger partial charge in [-0.2, -0.15) is 26.3 Å². The van der Waals surface area contributed by atoms with Crippen LogP contribution in [0.15, 0.2) is 36.4 Å². The average Bonchev–Trinajstić information content (AvgIpc) is 3.74. The van der Waals surface area contributed by atoms with Crippen LogP contribution in [0.1, 0.15) is 54.5 Å². The average molecular weight is 628 g/mol. The number of fused-ring (bicyclic) bond motifs is 1. The van der Waals surface area contributed by atoms with Gasteiger partial charge in [0.1, 0.15) is 5.75 Å². The molecule has 236 valence electrons. The number of rotatable bonds is 6. The largest absolute Gasteiger partial charge is 0.573 e. The molecule has 7 nitrogen and oxygen atoms in total. The molecule has 0 aromatic heterocycles. The molecule has 2 aromatic rings. The number of hydrogen-bond acceptors (Lipinski definition) is 5. The fourth-order valence-electron chi connectivity index (χ4n) is 5.19. The Kier molecular flexibility index (Phi) is 8.71. The van der Waals surface area contributed by atoms with E-state index in [-0.39, 0.29) is 36.3 Å². The summed E-state index contributed by atoms with van der Waals surface area (Å²) in [5, 5.41) is 0. The molecular formula is C27H25F9N2O5. The summed E-state index contributed by atoms with van der Waals surface area (Å²) in [6.07, 6.45) is -16.3. The minimum absolute atomic E-state index is 0.0356. The first kappa shape index (κ1) is 32.1. The molecule has 4 rings (SSSR count). The van der Waals surface area contributed by atoms with E-state index in [0.717, 1.165) is 30.2 Å². The first-order chi connectivity index (χ1) is 19.9. The van der Waals surface area contributed by atoms with Gasteiger partial charge in [-0.15, -0.1) is 13.2 Å². The number of nitrogens with zero attached hydrogens (tertiary/aromatic N) is 2. The van der Waals surface area contributed by atoms with Crippen molar-refractivity contribution in [1.82, 2.24) is 4.90 Å². The summed E-state index contributed by atoms with van der Waals surface area (Å²) in [7, 11) is 0.929. The zero-order valence-electron chi connectivity index (χ0n) is 22.6. The summed E-state index contributed by atoms with van der Waals surface area (Å²) >= 11 is 0. The van der Waals surface area contributed by atoms with Gasteiger partial charge < -0.3 is 14.2 Å². The smallest absolute Gasteiger partial charge is 0.453 e.